The number of aliphatic hydroxyl groups excluding tert-OH is 1. The van der Waals surface area contributed by atoms with E-state index in [0.29, 0.717) is 50.0 Å². The molecule has 0 aromatic rings. The number of ether oxygens (including phenoxy) is 6. The van der Waals surface area contributed by atoms with E-state index in [-0.39, 0.29) is 48.6 Å². The molecule has 0 saturated carbocycles. The Hall–Kier alpha value is -2.52. The van der Waals surface area contributed by atoms with E-state index >= 15 is 0 Å². The number of nitriles is 1. The molecule has 0 aromatic heterocycles. The van der Waals surface area contributed by atoms with E-state index < -0.39 is 5.92 Å². The molecule has 3 aliphatic rings. The smallest absolute Gasteiger partial charge is 0.337 e. The zero-order valence-corrected chi connectivity index (χ0v) is 53.9. The molecule has 0 bridgehead atoms. The highest BCUT2D eigenvalue weighted by Crippen LogP contribution is 2.28. The number of aliphatic hydroxyl groups is 1. The molecule has 0 aliphatic carbocycles. The van der Waals surface area contributed by atoms with Crippen molar-refractivity contribution >= 4 is 17.7 Å². The first kappa shape index (κ1) is 76.5. The molecule has 0 radical (unpaired) electrons. The molecular formula is C70H130N2O9. The highest BCUT2D eigenvalue weighted by molar-refractivity contribution is 6.00. The summed E-state index contributed by atoms with van der Waals surface area (Å²) in [5, 5.41) is 27.9. The lowest BCUT2D eigenvalue weighted by molar-refractivity contribution is -0.188. The summed E-state index contributed by atoms with van der Waals surface area (Å²) in [5.41, 5.74) is 1.01. The van der Waals surface area contributed by atoms with E-state index in [1.165, 1.54) is 186 Å². The molecule has 0 amide bonds. The van der Waals surface area contributed by atoms with Crippen LogP contribution in [0.3, 0.4) is 0 Å². The average molecular weight is 1140 g/mol. The van der Waals surface area contributed by atoms with Crippen molar-refractivity contribution in [2.75, 3.05) is 19.8 Å². The van der Waals surface area contributed by atoms with Crippen molar-refractivity contribution in [2.45, 2.75) is 387 Å². The lowest BCUT2D eigenvalue weighted by atomic mass is 9.91. The van der Waals surface area contributed by atoms with Crippen LogP contribution in [-0.4, -0.2) is 73.5 Å². The summed E-state index contributed by atoms with van der Waals surface area (Å²) in [6.45, 7) is 14.9. The topological polar surface area (TPSA) is 157 Å². The maximum absolute atomic E-state index is 12.6. The first-order chi connectivity index (χ1) is 39.7. The number of hydrogen-bond donors (Lipinski definition) is 2. The second-order valence-corrected chi connectivity index (χ2v) is 24.2. The molecule has 11 heteroatoms. The van der Waals surface area contributed by atoms with E-state index in [1.807, 2.05) is 6.92 Å². The summed E-state index contributed by atoms with van der Waals surface area (Å²) < 4.78 is 34.6. The van der Waals surface area contributed by atoms with E-state index in [2.05, 4.69) is 40.7 Å². The number of nitrogens with zero attached hydrogens (tertiary/aromatic N) is 1. The molecule has 2 saturated heterocycles. The third-order valence-electron chi connectivity index (χ3n) is 16.5. The Morgan fingerprint density at radius 2 is 0.975 bits per heavy atom. The van der Waals surface area contributed by atoms with Gasteiger partial charge in [-0.2, -0.15) is 5.26 Å². The monoisotopic (exact) mass is 1140 g/mol. The van der Waals surface area contributed by atoms with Crippen molar-refractivity contribution < 1.29 is 43.1 Å². The number of esters is 2. The minimum Gasteiger partial charge on any atom is -0.512 e. The van der Waals surface area contributed by atoms with E-state index in [4.69, 9.17) is 39.1 Å². The van der Waals surface area contributed by atoms with Crippen molar-refractivity contribution in [3.8, 4) is 6.07 Å². The van der Waals surface area contributed by atoms with Gasteiger partial charge in [-0.3, -0.25) is 4.79 Å². The van der Waals surface area contributed by atoms with Crippen molar-refractivity contribution in [1.29, 1.82) is 10.7 Å². The van der Waals surface area contributed by atoms with Gasteiger partial charge >= 0.3 is 11.9 Å². The normalized spacial score (nSPS) is 18.4. The summed E-state index contributed by atoms with van der Waals surface area (Å²) in [6, 6.07) is 2.26. The molecule has 2 fully saturated rings. The molecule has 3 heterocycles. The molecule has 6 atom stereocenters. The number of nitrogens with one attached hydrogen (secondary N) is 1. The summed E-state index contributed by atoms with van der Waals surface area (Å²) in [5.74, 6) is -0.659. The van der Waals surface area contributed by atoms with Crippen LogP contribution in [0.2, 0.25) is 0 Å². The van der Waals surface area contributed by atoms with Gasteiger partial charge in [-0.05, 0) is 90.4 Å². The third kappa shape index (κ3) is 43.7. The maximum Gasteiger partial charge on any atom is 0.337 e. The van der Waals surface area contributed by atoms with E-state index in [9.17, 15) is 14.7 Å². The number of rotatable bonds is 50. The SMILES string of the molecule is CCCCCCCCCCCC1CC(O)=C(CCCCCC)C(=O)O1.CCCCCCCCCCC[C@H](CC#N)OC1CCCCO1.CCCCCCCCCCC[C@H](CC(=N)C(CCCCCC)C(=O)OCC)OC1CCCCO1. The lowest BCUT2D eigenvalue weighted by Gasteiger charge is -2.29. The zero-order valence-electron chi connectivity index (χ0n) is 53.9. The number of cyclic esters (lactones) is 1. The van der Waals surface area contributed by atoms with E-state index in [1.54, 1.807) is 0 Å². The Morgan fingerprint density at radius 3 is 1.41 bits per heavy atom. The van der Waals surface area contributed by atoms with Crippen molar-refractivity contribution in [1.82, 2.24) is 0 Å². The molecular weight excluding hydrogens is 1010 g/mol. The molecule has 3 rings (SSSR count). The van der Waals surface area contributed by atoms with Crippen molar-refractivity contribution in [3.05, 3.63) is 11.3 Å². The van der Waals surface area contributed by atoms with Gasteiger partial charge in [-0.15, -0.1) is 0 Å². The summed E-state index contributed by atoms with van der Waals surface area (Å²) in [6.07, 6.45) is 56.1. The maximum atomic E-state index is 12.6. The Morgan fingerprint density at radius 1 is 0.568 bits per heavy atom. The molecule has 0 spiro atoms. The fraction of sp³-hybridized carbons (Fsp3) is 0.914. The van der Waals surface area contributed by atoms with Crippen molar-refractivity contribution in [2.24, 2.45) is 5.92 Å². The Kier molecular flexibility index (Phi) is 53.5. The summed E-state index contributed by atoms with van der Waals surface area (Å²) in [7, 11) is 0. The first-order valence-corrected chi connectivity index (χ1v) is 34.9. The third-order valence-corrected chi connectivity index (χ3v) is 16.5. The number of hydrogen-bond acceptors (Lipinski definition) is 11. The van der Waals surface area contributed by atoms with Gasteiger partial charge in [0.2, 0.25) is 0 Å². The average Bonchev–Trinajstić information content (AvgIpc) is 3.46. The molecule has 81 heavy (non-hydrogen) atoms. The molecule has 2 N–H and O–H groups in total. The molecule has 3 aliphatic heterocycles. The molecule has 474 valence electrons. The van der Waals surface area contributed by atoms with Gasteiger partial charge in [0, 0.05) is 31.8 Å². The fourth-order valence-corrected chi connectivity index (χ4v) is 11.3. The predicted molar refractivity (Wildman–Crippen MR) is 337 cm³/mol. The second kappa shape index (κ2) is 56.6. The second-order valence-electron chi connectivity index (χ2n) is 24.2. The predicted octanol–water partition coefficient (Wildman–Crippen LogP) is 21.1. The van der Waals surface area contributed by atoms with Crippen LogP contribution in [0.1, 0.15) is 356 Å². The number of carbonyl (C=O) groups is 2. The molecule has 0 aromatic carbocycles. The Labute approximate surface area is 499 Å². The van der Waals surface area contributed by atoms with Gasteiger partial charge in [0.25, 0.3) is 0 Å². The fourth-order valence-electron chi connectivity index (χ4n) is 11.3. The van der Waals surface area contributed by atoms with Crippen LogP contribution in [0.25, 0.3) is 0 Å². The number of unbranched alkanes of at least 4 members (excludes halogenated alkanes) is 30. The van der Waals surface area contributed by atoms with Crippen LogP contribution < -0.4 is 0 Å². The minimum absolute atomic E-state index is 0.0484. The standard InChI is InChI=1S/C29H55NO4.C22H40O3.C19H35NO2/c1-4-7-9-11-12-13-14-15-16-20-25(34-28-22-18-19-23-33-28)24-27(30)26(29(31)32-6-3)21-17-10-8-5-2;1-3-5-7-9-10-11-12-13-14-16-19-18-21(23)20(22(24)25-19)17-15-8-6-4-2;1-2-3-4-5-6-7-8-9-10-13-18(15-16-20)22-19-14-11-12-17-21-19/h25-26,28,30H,4-24H2,1-3H3;19,23H,3-18H2,1-2H3;18-19H,2-15,17H2,1H3/t25-,26?,28?;;18-,19?/m1.1/s1. The quantitative estimate of drug-likeness (QED) is 0.0341. The summed E-state index contributed by atoms with van der Waals surface area (Å²) >= 11 is 0. The Balaban J connectivity index is 0.000000625. The van der Waals surface area contributed by atoms with Crippen LogP contribution in [0, 0.1) is 22.7 Å². The van der Waals surface area contributed by atoms with Gasteiger partial charge in [-0.1, -0.05) is 247 Å². The van der Waals surface area contributed by atoms with Crippen LogP contribution in [0.4, 0.5) is 0 Å². The van der Waals surface area contributed by atoms with Crippen LogP contribution in [0.15, 0.2) is 11.3 Å². The molecule has 11 nitrogen and oxygen atoms in total. The minimum atomic E-state index is -0.432. The van der Waals surface area contributed by atoms with Crippen LogP contribution >= 0.6 is 0 Å². The largest absolute Gasteiger partial charge is 0.512 e. The molecule has 4 unspecified atom stereocenters. The van der Waals surface area contributed by atoms with Gasteiger partial charge in [0.05, 0.1) is 42.8 Å². The zero-order chi connectivity index (χ0) is 59.1. The van der Waals surface area contributed by atoms with E-state index in [0.717, 1.165) is 110 Å². The highest BCUT2D eigenvalue weighted by Gasteiger charge is 2.30. The van der Waals surface area contributed by atoms with Gasteiger partial charge in [0.15, 0.2) is 12.6 Å². The van der Waals surface area contributed by atoms with Gasteiger partial charge in [0.1, 0.15) is 11.9 Å². The van der Waals surface area contributed by atoms with Crippen LogP contribution in [-0.2, 0) is 38.0 Å². The van der Waals surface area contributed by atoms with Gasteiger partial charge < -0.3 is 38.9 Å². The van der Waals surface area contributed by atoms with Gasteiger partial charge in [-0.25, -0.2) is 4.79 Å². The summed E-state index contributed by atoms with van der Waals surface area (Å²) in [4.78, 5) is 24.7. The Bertz CT molecular complexity index is 1520. The highest BCUT2D eigenvalue weighted by atomic mass is 16.7. The first-order valence-electron chi connectivity index (χ1n) is 34.9. The van der Waals surface area contributed by atoms with Crippen LogP contribution in [0.5, 0.6) is 0 Å². The number of carbonyl (C=O) groups excluding carboxylic acids is 2. The lowest BCUT2D eigenvalue weighted by Crippen LogP contribution is -2.33. The van der Waals surface area contributed by atoms with Crippen molar-refractivity contribution in [3.63, 3.8) is 0 Å².